The number of amides is 1. The summed E-state index contributed by atoms with van der Waals surface area (Å²) in [6.07, 6.45) is 0.910. The van der Waals surface area contributed by atoms with Crippen LogP contribution in [0.5, 0.6) is 11.5 Å². The minimum atomic E-state index is -0.228. The zero-order chi connectivity index (χ0) is 13.1. The van der Waals surface area contributed by atoms with Crippen LogP contribution in [0.25, 0.3) is 0 Å². The Labute approximate surface area is 106 Å². The molecule has 0 radical (unpaired) electrons. The normalized spacial score (nSPS) is 19.8. The Morgan fingerprint density at radius 3 is 2.94 bits per heavy atom. The van der Waals surface area contributed by atoms with E-state index >= 15 is 0 Å². The second kappa shape index (κ2) is 5.27. The highest BCUT2D eigenvalue weighted by atomic mass is 16.5. The third-order valence-electron chi connectivity index (χ3n) is 3.09. The molecule has 1 atom stereocenters. The van der Waals surface area contributed by atoms with Crippen molar-refractivity contribution in [1.29, 1.82) is 0 Å². The van der Waals surface area contributed by atoms with E-state index < -0.39 is 0 Å². The molecule has 5 nitrogen and oxygen atoms in total. The number of phenolic OH excluding ortho intramolecular Hbond substituents is 2. The number of ether oxygens (including phenoxy) is 1. The molecule has 1 unspecified atom stereocenters. The molecular formula is C13H17NO4. The standard InChI is InChI=1S/C13H17NO4/c1-2-10-8-14(5-6-18-10)13(17)11-4-3-9(15)7-12(11)16/h3-4,7,10,15-16H,2,5-6,8H2,1H3. The van der Waals surface area contributed by atoms with Crippen LogP contribution in [0.3, 0.4) is 0 Å². The summed E-state index contributed by atoms with van der Waals surface area (Å²) in [5, 5.41) is 18.9. The van der Waals surface area contributed by atoms with Gasteiger partial charge in [-0.25, -0.2) is 0 Å². The lowest BCUT2D eigenvalue weighted by Gasteiger charge is -2.32. The van der Waals surface area contributed by atoms with E-state index in [9.17, 15) is 15.0 Å². The van der Waals surface area contributed by atoms with Gasteiger partial charge in [-0.3, -0.25) is 4.79 Å². The molecular weight excluding hydrogens is 234 g/mol. The maximum Gasteiger partial charge on any atom is 0.257 e. The molecule has 1 aliphatic rings. The van der Waals surface area contributed by atoms with E-state index in [-0.39, 0.29) is 29.1 Å². The van der Waals surface area contributed by atoms with Gasteiger partial charge >= 0.3 is 0 Å². The number of carbonyl (C=O) groups excluding carboxylic acids is 1. The van der Waals surface area contributed by atoms with Gasteiger partial charge in [0, 0.05) is 19.2 Å². The molecule has 1 fully saturated rings. The number of nitrogens with zero attached hydrogens (tertiary/aromatic N) is 1. The van der Waals surface area contributed by atoms with Crippen molar-refractivity contribution in [3.8, 4) is 11.5 Å². The Balaban J connectivity index is 2.15. The summed E-state index contributed by atoms with van der Waals surface area (Å²) < 4.78 is 5.50. The Morgan fingerprint density at radius 1 is 1.50 bits per heavy atom. The summed E-state index contributed by atoms with van der Waals surface area (Å²) in [6.45, 7) is 3.59. The minimum Gasteiger partial charge on any atom is -0.508 e. The SMILES string of the molecule is CCC1CN(C(=O)c2ccc(O)cc2O)CCO1. The van der Waals surface area contributed by atoms with Gasteiger partial charge in [-0.1, -0.05) is 6.92 Å². The second-order valence-electron chi connectivity index (χ2n) is 4.35. The molecule has 0 spiro atoms. The number of hydrogen-bond donors (Lipinski definition) is 2. The Bertz CT molecular complexity index is 447. The summed E-state index contributed by atoms with van der Waals surface area (Å²) in [6, 6.07) is 4.00. The van der Waals surface area contributed by atoms with Crippen LogP contribution in [0.1, 0.15) is 23.7 Å². The number of carbonyl (C=O) groups is 1. The van der Waals surface area contributed by atoms with Gasteiger partial charge in [0.2, 0.25) is 0 Å². The first-order valence-electron chi connectivity index (χ1n) is 6.04. The average molecular weight is 251 g/mol. The topological polar surface area (TPSA) is 70.0 Å². The van der Waals surface area contributed by atoms with Crippen molar-refractivity contribution >= 4 is 5.91 Å². The van der Waals surface area contributed by atoms with Crippen LogP contribution in [-0.4, -0.2) is 46.8 Å². The molecule has 0 bridgehead atoms. The van der Waals surface area contributed by atoms with E-state index in [0.717, 1.165) is 6.42 Å². The number of rotatable bonds is 2. The van der Waals surface area contributed by atoms with E-state index in [1.54, 1.807) is 4.90 Å². The summed E-state index contributed by atoms with van der Waals surface area (Å²) in [5.41, 5.74) is 0.213. The summed E-state index contributed by atoms with van der Waals surface area (Å²) in [7, 11) is 0. The second-order valence-corrected chi connectivity index (χ2v) is 4.35. The van der Waals surface area contributed by atoms with Gasteiger partial charge in [0.1, 0.15) is 11.5 Å². The fourth-order valence-electron chi connectivity index (χ4n) is 2.02. The minimum absolute atomic E-state index is 0.0574. The van der Waals surface area contributed by atoms with E-state index in [0.29, 0.717) is 19.7 Å². The van der Waals surface area contributed by atoms with Gasteiger partial charge in [0.25, 0.3) is 5.91 Å². The lowest BCUT2D eigenvalue weighted by Crippen LogP contribution is -2.45. The summed E-state index contributed by atoms with van der Waals surface area (Å²) in [5.74, 6) is -0.480. The molecule has 0 saturated carbocycles. The smallest absolute Gasteiger partial charge is 0.257 e. The maximum atomic E-state index is 12.2. The zero-order valence-corrected chi connectivity index (χ0v) is 10.3. The highest BCUT2D eigenvalue weighted by molar-refractivity contribution is 5.97. The Hall–Kier alpha value is -1.75. The molecule has 1 aliphatic heterocycles. The van der Waals surface area contributed by atoms with Crippen LogP contribution in [0.15, 0.2) is 18.2 Å². The van der Waals surface area contributed by atoms with Gasteiger partial charge in [-0.15, -0.1) is 0 Å². The molecule has 1 saturated heterocycles. The molecule has 5 heteroatoms. The number of benzene rings is 1. The fraction of sp³-hybridized carbons (Fsp3) is 0.462. The molecule has 1 amide bonds. The molecule has 98 valence electrons. The summed E-state index contributed by atoms with van der Waals surface area (Å²) >= 11 is 0. The quantitative estimate of drug-likeness (QED) is 0.832. The van der Waals surface area contributed by atoms with E-state index in [1.807, 2.05) is 6.92 Å². The Kier molecular flexibility index (Phi) is 3.72. The fourth-order valence-corrected chi connectivity index (χ4v) is 2.02. The average Bonchev–Trinajstić information content (AvgIpc) is 2.38. The number of aromatic hydroxyl groups is 2. The molecule has 2 rings (SSSR count). The lowest BCUT2D eigenvalue weighted by atomic mass is 10.1. The maximum absolute atomic E-state index is 12.2. The molecule has 2 N–H and O–H groups in total. The molecule has 1 aromatic rings. The van der Waals surface area contributed by atoms with Gasteiger partial charge in [0.05, 0.1) is 18.3 Å². The highest BCUT2D eigenvalue weighted by Crippen LogP contribution is 2.24. The third kappa shape index (κ3) is 2.56. The van der Waals surface area contributed by atoms with Crippen molar-refractivity contribution in [2.24, 2.45) is 0 Å². The van der Waals surface area contributed by atoms with E-state index in [2.05, 4.69) is 0 Å². The first kappa shape index (κ1) is 12.7. The van der Waals surface area contributed by atoms with Crippen LogP contribution in [0.4, 0.5) is 0 Å². The van der Waals surface area contributed by atoms with Crippen molar-refractivity contribution in [1.82, 2.24) is 4.90 Å². The van der Waals surface area contributed by atoms with E-state index in [1.165, 1.54) is 18.2 Å². The third-order valence-corrected chi connectivity index (χ3v) is 3.09. The number of phenols is 2. The van der Waals surface area contributed by atoms with Gasteiger partial charge in [-0.2, -0.15) is 0 Å². The predicted octanol–water partition coefficient (Wildman–Crippen LogP) is 1.35. The number of morpholine rings is 1. The lowest BCUT2D eigenvalue weighted by molar-refractivity contribution is -0.0227. The highest BCUT2D eigenvalue weighted by Gasteiger charge is 2.25. The van der Waals surface area contributed by atoms with Crippen LogP contribution in [0, 0.1) is 0 Å². The Morgan fingerprint density at radius 2 is 2.28 bits per heavy atom. The van der Waals surface area contributed by atoms with Crippen LogP contribution in [0.2, 0.25) is 0 Å². The van der Waals surface area contributed by atoms with Crippen molar-refractivity contribution in [2.75, 3.05) is 19.7 Å². The first-order valence-corrected chi connectivity index (χ1v) is 6.04. The monoisotopic (exact) mass is 251 g/mol. The molecule has 18 heavy (non-hydrogen) atoms. The van der Waals surface area contributed by atoms with Crippen LogP contribution >= 0.6 is 0 Å². The van der Waals surface area contributed by atoms with Crippen molar-refractivity contribution < 1.29 is 19.7 Å². The number of hydrogen-bond acceptors (Lipinski definition) is 4. The van der Waals surface area contributed by atoms with Crippen molar-refractivity contribution in [2.45, 2.75) is 19.4 Å². The molecule has 0 aliphatic carbocycles. The zero-order valence-electron chi connectivity index (χ0n) is 10.3. The van der Waals surface area contributed by atoms with Gasteiger partial charge < -0.3 is 19.8 Å². The predicted molar refractivity (Wildman–Crippen MR) is 65.7 cm³/mol. The molecule has 0 aromatic heterocycles. The van der Waals surface area contributed by atoms with Gasteiger partial charge in [-0.05, 0) is 18.6 Å². The van der Waals surface area contributed by atoms with Crippen molar-refractivity contribution in [3.05, 3.63) is 23.8 Å². The van der Waals surface area contributed by atoms with Crippen molar-refractivity contribution in [3.63, 3.8) is 0 Å². The van der Waals surface area contributed by atoms with Gasteiger partial charge in [0.15, 0.2) is 0 Å². The molecule has 1 aromatic carbocycles. The molecule has 1 heterocycles. The first-order chi connectivity index (χ1) is 8.61. The van der Waals surface area contributed by atoms with Crippen LogP contribution in [-0.2, 0) is 4.74 Å². The summed E-state index contributed by atoms with van der Waals surface area (Å²) in [4.78, 5) is 13.9. The van der Waals surface area contributed by atoms with Crippen LogP contribution < -0.4 is 0 Å². The van der Waals surface area contributed by atoms with E-state index in [4.69, 9.17) is 4.74 Å². The largest absolute Gasteiger partial charge is 0.508 e.